The van der Waals surface area contributed by atoms with E-state index in [9.17, 15) is 8.42 Å². The first kappa shape index (κ1) is 19.3. The lowest BCUT2D eigenvalue weighted by Crippen LogP contribution is -2.10. The van der Waals surface area contributed by atoms with E-state index in [0.29, 0.717) is 9.79 Å². The summed E-state index contributed by atoms with van der Waals surface area (Å²) in [7, 11) is 0.153. The van der Waals surface area contributed by atoms with Crippen LogP contribution < -0.4 is 4.90 Å². The molecule has 0 saturated heterocycles. The van der Waals surface area contributed by atoms with Crippen molar-refractivity contribution in [2.24, 2.45) is 0 Å². The summed E-state index contributed by atoms with van der Waals surface area (Å²) in [5.74, 6) is 0.857. The number of nitrogens with zero attached hydrogens (tertiary/aromatic N) is 2. The Hall–Kier alpha value is -1.44. The number of halogens is 1. The van der Waals surface area contributed by atoms with Crippen LogP contribution in [0.15, 0.2) is 56.7 Å². The van der Waals surface area contributed by atoms with Gasteiger partial charge in [-0.3, -0.25) is 3.97 Å². The Bertz CT molecular complexity index is 1070. The fourth-order valence-electron chi connectivity index (χ4n) is 3.02. The topological polar surface area (TPSA) is 42.3 Å². The monoisotopic (exact) mass is 452 g/mol. The third-order valence-electron chi connectivity index (χ3n) is 4.23. The van der Waals surface area contributed by atoms with E-state index >= 15 is 0 Å². The summed E-state index contributed by atoms with van der Waals surface area (Å²) < 4.78 is 29.9. The summed E-state index contributed by atoms with van der Waals surface area (Å²) in [5, 5.41) is 0.744. The van der Waals surface area contributed by atoms with E-state index in [1.165, 1.54) is 0 Å². The van der Waals surface area contributed by atoms with Gasteiger partial charge in [-0.2, -0.15) is 0 Å². The lowest BCUT2D eigenvalue weighted by Gasteiger charge is -2.14. The van der Waals surface area contributed by atoms with Crippen LogP contribution in [0.3, 0.4) is 0 Å². The minimum absolute atomic E-state index is 0.312. The highest BCUT2D eigenvalue weighted by Gasteiger charge is 2.27. The third-order valence-corrected chi connectivity index (χ3v) is 7.63. The summed E-state index contributed by atoms with van der Waals surface area (Å²) in [4.78, 5) is 2.59. The van der Waals surface area contributed by atoms with Crippen LogP contribution in [-0.2, 0) is 9.84 Å². The molecule has 0 aliphatic rings. The molecule has 26 heavy (non-hydrogen) atoms. The predicted octanol–water partition coefficient (Wildman–Crippen LogP) is 5.13. The molecule has 0 atom stereocenters. The molecule has 2 aromatic carbocycles. The van der Waals surface area contributed by atoms with Crippen LogP contribution in [0, 0.1) is 6.92 Å². The van der Waals surface area contributed by atoms with Gasteiger partial charge in [-0.25, -0.2) is 8.42 Å². The van der Waals surface area contributed by atoms with Gasteiger partial charge < -0.3 is 4.90 Å². The fraction of sp³-hybridized carbons (Fsp3) is 0.263. The molecule has 7 heteroatoms. The van der Waals surface area contributed by atoms with Gasteiger partial charge in [-0.15, -0.1) is 0 Å². The van der Waals surface area contributed by atoms with Crippen LogP contribution in [0.2, 0.25) is 0 Å². The van der Waals surface area contributed by atoms with Crippen molar-refractivity contribution in [2.45, 2.75) is 23.6 Å². The smallest absolute Gasteiger partial charge is 0.209 e. The van der Waals surface area contributed by atoms with Crippen molar-refractivity contribution >= 4 is 54.3 Å². The standard InChI is InChI=1S/C19H21BrN2O2S2/c1-5-25-22-13(2)19(17-11-14(20)9-10-18(17)22)26(23,24)16-8-6-7-15(12-16)21(3)4/h6-12H,5H2,1-4H3. The molecule has 0 aliphatic carbocycles. The molecule has 138 valence electrons. The third kappa shape index (κ3) is 3.28. The maximum Gasteiger partial charge on any atom is 0.209 e. The number of rotatable bonds is 5. The molecule has 0 aliphatic heterocycles. The van der Waals surface area contributed by atoms with Gasteiger partial charge in [-0.1, -0.05) is 28.9 Å². The molecule has 4 nitrogen and oxygen atoms in total. The molecule has 0 N–H and O–H groups in total. The van der Waals surface area contributed by atoms with Crippen molar-refractivity contribution in [3.05, 3.63) is 52.6 Å². The highest BCUT2D eigenvalue weighted by atomic mass is 79.9. The van der Waals surface area contributed by atoms with Crippen molar-refractivity contribution in [3.63, 3.8) is 0 Å². The first-order valence-electron chi connectivity index (χ1n) is 8.23. The second kappa shape index (κ2) is 7.29. The summed E-state index contributed by atoms with van der Waals surface area (Å²) in [6.07, 6.45) is 0. The van der Waals surface area contributed by atoms with E-state index in [-0.39, 0.29) is 0 Å². The van der Waals surface area contributed by atoms with E-state index in [1.54, 1.807) is 30.1 Å². The zero-order valence-corrected chi connectivity index (χ0v) is 18.4. The maximum atomic E-state index is 13.5. The van der Waals surface area contributed by atoms with Gasteiger partial charge in [0, 0.05) is 41.1 Å². The largest absolute Gasteiger partial charge is 0.378 e. The van der Waals surface area contributed by atoms with Gasteiger partial charge in [0.15, 0.2) is 0 Å². The van der Waals surface area contributed by atoms with Crippen LogP contribution in [0.4, 0.5) is 5.69 Å². The quantitative estimate of drug-likeness (QED) is 0.538. The van der Waals surface area contributed by atoms with Gasteiger partial charge in [0.25, 0.3) is 0 Å². The number of hydrogen-bond acceptors (Lipinski definition) is 4. The van der Waals surface area contributed by atoms with Gasteiger partial charge in [0.2, 0.25) is 9.84 Å². The number of hydrogen-bond donors (Lipinski definition) is 0. The van der Waals surface area contributed by atoms with E-state index < -0.39 is 9.84 Å². The highest BCUT2D eigenvalue weighted by Crippen LogP contribution is 2.37. The Morgan fingerprint density at radius 2 is 1.88 bits per heavy atom. The maximum absolute atomic E-state index is 13.5. The van der Waals surface area contributed by atoms with Crippen molar-refractivity contribution in [1.29, 1.82) is 0 Å². The number of benzene rings is 2. The van der Waals surface area contributed by atoms with E-state index in [1.807, 2.05) is 54.2 Å². The molecule has 0 radical (unpaired) electrons. The van der Waals surface area contributed by atoms with Crippen molar-refractivity contribution < 1.29 is 8.42 Å². The van der Waals surface area contributed by atoms with Gasteiger partial charge in [-0.05, 0) is 55.3 Å². The Morgan fingerprint density at radius 1 is 1.15 bits per heavy atom. The molecule has 0 spiro atoms. The summed E-state index contributed by atoms with van der Waals surface area (Å²) in [6, 6.07) is 12.9. The minimum Gasteiger partial charge on any atom is -0.378 e. The fourth-order valence-corrected chi connectivity index (χ4v) is 5.98. The molecule has 0 fully saturated rings. The number of fused-ring (bicyclic) bond motifs is 1. The second-order valence-electron chi connectivity index (χ2n) is 6.18. The van der Waals surface area contributed by atoms with Gasteiger partial charge in [0.05, 0.1) is 10.4 Å². The molecule has 1 heterocycles. The van der Waals surface area contributed by atoms with Gasteiger partial charge in [0.1, 0.15) is 4.90 Å². The molecular formula is C19H21BrN2O2S2. The number of sulfone groups is 1. The molecule has 0 bridgehead atoms. The van der Waals surface area contributed by atoms with Crippen LogP contribution in [0.1, 0.15) is 12.6 Å². The number of aromatic nitrogens is 1. The van der Waals surface area contributed by atoms with E-state index in [2.05, 4.69) is 22.9 Å². The summed E-state index contributed by atoms with van der Waals surface area (Å²) >= 11 is 5.08. The lowest BCUT2D eigenvalue weighted by atomic mass is 10.2. The molecular weight excluding hydrogens is 432 g/mol. The van der Waals surface area contributed by atoms with Crippen LogP contribution in [0.25, 0.3) is 10.9 Å². The Kier molecular flexibility index (Phi) is 5.42. The summed E-state index contributed by atoms with van der Waals surface area (Å²) in [6.45, 7) is 3.93. The average molecular weight is 453 g/mol. The van der Waals surface area contributed by atoms with Crippen molar-refractivity contribution in [3.8, 4) is 0 Å². The Balaban J connectivity index is 2.32. The molecule has 3 aromatic rings. The average Bonchev–Trinajstić information content (AvgIpc) is 2.87. The van der Waals surface area contributed by atoms with E-state index in [0.717, 1.165) is 32.5 Å². The van der Waals surface area contributed by atoms with Gasteiger partial charge >= 0.3 is 0 Å². The number of anilines is 1. The SMILES string of the molecule is CCSn1c(C)c(S(=O)(=O)c2cccc(N(C)C)c2)c2cc(Br)ccc21. The molecule has 0 amide bonds. The molecule has 1 aromatic heterocycles. The van der Waals surface area contributed by atoms with Crippen LogP contribution in [0.5, 0.6) is 0 Å². The zero-order chi connectivity index (χ0) is 19.1. The molecule has 0 saturated carbocycles. The molecule has 0 unspecified atom stereocenters. The highest BCUT2D eigenvalue weighted by molar-refractivity contribution is 9.10. The van der Waals surface area contributed by atoms with Crippen LogP contribution >= 0.6 is 27.9 Å². The predicted molar refractivity (Wildman–Crippen MR) is 114 cm³/mol. The second-order valence-corrected chi connectivity index (χ2v) is 10.2. The normalized spacial score (nSPS) is 11.9. The zero-order valence-electron chi connectivity index (χ0n) is 15.2. The lowest BCUT2D eigenvalue weighted by molar-refractivity contribution is 0.596. The Morgan fingerprint density at radius 3 is 2.54 bits per heavy atom. The van der Waals surface area contributed by atoms with Crippen molar-refractivity contribution in [2.75, 3.05) is 24.7 Å². The first-order chi connectivity index (χ1) is 12.3. The Labute approximate surface area is 167 Å². The van der Waals surface area contributed by atoms with E-state index in [4.69, 9.17) is 0 Å². The van der Waals surface area contributed by atoms with Crippen molar-refractivity contribution in [1.82, 2.24) is 3.97 Å². The molecule has 3 rings (SSSR count). The minimum atomic E-state index is -3.65. The first-order valence-corrected chi connectivity index (χ1v) is 11.5. The van der Waals surface area contributed by atoms with Crippen LogP contribution in [-0.4, -0.2) is 32.2 Å². The summed E-state index contributed by atoms with van der Waals surface area (Å²) in [5.41, 5.74) is 2.52.